The lowest BCUT2D eigenvalue weighted by Crippen LogP contribution is -2.56. The normalized spacial score (nSPS) is 24.2. The molecule has 0 amide bonds. The highest BCUT2D eigenvalue weighted by molar-refractivity contribution is 5.37. The molecule has 6 nitrogen and oxygen atoms in total. The number of halogens is 3. The van der Waals surface area contributed by atoms with Gasteiger partial charge in [-0.1, -0.05) is 6.08 Å². The van der Waals surface area contributed by atoms with Gasteiger partial charge in [-0.25, -0.2) is 4.98 Å². The summed E-state index contributed by atoms with van der Waals surface area (Å²) in [6.07, 6.45) is 0.786. The summed E-state index contributed by atoms with van der Waals surface area (Å²) in [5.41, 5.74) is 0.0974. The number of fused-ring (bicyclic) bond motifs is 1. The predicted octanol–water partition coefficient (Wildman–Crippen LogP) is 1.64. The zero-order valence-corrected chi connectivity index (χ0v) is 13.8. The highest BCUT2D eigenvalue weighted by Gasteiger charge is 2.40. The highest BCUT2D eigenvalue weighted by atomic mass is 19.4. The van der Waals surface area contributed by atoms with E-state index < -0.39 is 17.5 Å². The minimum atomic E-state index is -4.47. The summed E-state index contributed by atoms with van der Waals surface area (Å²) in [6, 6.07) is 2.18. The lowest BCUT2D eigenvalue weighted by atomic mass is 10.0. The molecule has 1 aromatic heterocycles. The summed E-state index contributed by atoms with van der Waals surface area (Å²) in [5, 5.41) is 13.5. The van der Waals surface area contributed by atoms with Crippen molar-refractivity contribution >= 4 is 0 Å². The fourth-order valence-electron chi connectivity index (χ4n) is 3.18. The molecule has 0 radical (unpaired) electrons. The Labute approximate surface area is 147 Å². The maximum atomic E-state index is 12.6. The van der Waals surface area contributed by atoms with Crippen molar-refractivity contribution in [2.75, 3.05) is 26.4 Å². The van der Waals surface area contributed by atoms with Gasteiger partial charge in [0.2, 0.25) is 0 Å². The molecule has 0 aromatic carbocycles. The lowest BCUT2D eigenvalue weighted by molar-refractivity contribution is -0.184. The fourth-order valence-corrected chi connectivity index (χ4v) is 3.18. The van der Waals surface area contributed by atoms with Crippen LogP contribution >= 0.6 is 0 Å². The highest BCUT2D eigenvalue weighted by Crippen LogP contribution is 2.31. The Morgan fingerprint density at radius 1 is 1.38 bits per heavy atom. The second kappa shape index (κ2) is 6.17. The van der Waals surface area contributed by atoms with Crippen LogP contribution in [0, 0.1) is 0 Å². The topological polar surface area (TPSA) is 66.9 Å². The Bertz CT molecular complexity index is 742. The molecule has 9 heteroatoms. The molecule has 2 fully saturated rings. The number of ether oxygens (including phenoxy) is 2. The van der Waals surface area contributed by atoms with E-state index >= 15 is 0 Å². The van der Waals surface area contributed by atoms with Crippen LogP contribution in [0.5, 0.6) is 5.75 Å². The van der Waals surface area contributed by atoms with Gasteiger partial charge < -0.3 is 24.8 Å². The van der Waals surface area contributed by atoms with Crippen LogP contribution in [0.4, 0.5) is 13.2 Å². The number of nitrogens with zero attached hydrogens (tertiary/aromatic N) is 2. The fraction of sp³-hybridized carbons (Fsp3) is 0.471. The first-order valence-electron chi connectivity index (χ1n) is 8.24. The molecule has 3 heterocycles. The van der Waals surface area contributed by atoms with Gasteiger partial charge in [-0.3, -0.25) is 0 Å². The lowest BCUT2D eigenvalue weighted by Gasteiger charge is -2.39. The second-order valence-electron chi connectivity index (χ2n) is 6.69. The van der Waals surface area contributed by atoms with Crippen molar-refractivity contribution in [1.82, 2.24) is 15.2 Å². The number of pyridine rings is 1. The first kappa shape index (κ1) is 17.2. The van der Waals surface area contributed by atoms with E-state index in [-0.39, 0.29) is 11.9 Å². The van der Waals surface area contributed by atoms with E-state index in [2.05, 4.69) is 10.3 Å². The Morgan fingerprint density at radius 2 is 2.19 bits per heavy atom. The van der Waals surface area contributed by atoms with Crippen molar-refractivity contribution in [3.05, 3.63) is 47.6 Å². The summed E-state index contributed by atoms with van der Waals surface area (Å²) >= 11 is 0. The number of β-amino-alcohol motifs (C(OH)–C–C–N with tert-alkyl or cyclic N) is 1. The monoisotopic (exact) mass is 369 g/mol. The van der Waals surface area contributed by atoms with E-state index in [1.807, 2.05) is 17.1 Å². The van der Waals surface area contributed by atoms with Gasteiger partial charge in [0.05, 0.1) is 44.0 Å². The number of hydrogen-bond acceptors (Lipinski definition) is 6. The van der Waals surface area contributed by atoms with Crippen LogP contribution < -0.4 is 10.1 Å². The minimum absolute atomic E-state index is 0.278. The Hall–Kier alpha value is -2.26. The number of aliphatic hydroxyl groups is 1. The zero-order chi connectivity index (χ0) is 18.4. The number of alkyl halides is 3. The zero-order valence-electron chi connectivity index (χ0n) is 13.8. The molecule has 0 spiro atoms. The van der Waals surface area contributed by atoms with Crippen molar-refractivity contribution in [3.63, 3.8) is 0 Å². The predicted molar refractivity (Wildman–Crippen MR) is 84.9 cm³/mol. The Morgan fingerprint density at radius 3 is 2.81 bits per heavy atom. The molecule has 3 aliphatic rings. The summed E-state index contributed by atoms with van der Waals surface area (Å²) in [7, 11) is 0. The SMILES string of the molecule is OC1(CN2CNC3=CCC(Oc4ccc(C(F)(F)F)nc4)C=C32)COC1. The van der Waals surface area contributed by atoms with Crippen LogP contribution in [0.3, 0.4) is 0 Å². The molecule has 0 bridgehead atoms. The third kappa shape index (κ3) is 3.36. The van der Waals surface area contributed by atoms with Crippen molar-refractivity contribution in [1.29, 1.82) is 0 Å². The van der Waals surface area contributed by atoms with E-state index in [0.717, 1.165) is 23.7 Å². The van der Waals surface area contributed by atoms with Crippen molar-refractivity contribution in [3.8, 4) is 5.75 Å². The average molecular weight is 369 g/mol. The number of nitrogens with one attached hydrogen (secondary N) is 1. The van der Waals surface area contributed by atoms with Gasteiger partial charge in [-0.2, -0.15) is 13.2 Å². The standard InChI is InChI=1S/C17H18F3N3O3/c18-17(19,20)15-4-2-12(6-21-15)26-11-1-3-13-14(5-11)23(10-22-13)7-16(24)8-25-9-16/h2-6,11,22,24H,1,7-10H2. The average Bonchev–Trinajstić information content (AvgIpc) is 2.95. The van der Waals surface area contributed by atoms with E-state index in [1.165, 1.54) is 6.07 Å². The van der Waals surface area contributed by atoms with Gasteiger partial charge >= 0.3 is 6.18 Å². The molecule has 1 aliphatic carbocycles. The molecule has 1 atom stereocenters. The summed E-state index contributed by atoms with van der Waals surface area (Å²) in [5.74, 6) is 0.278. The smallest absolute Gasteiger partial charge is 0.433 e. The Kier molecular flexibility index (Phi) is 4.07. The van der Waals surface area contributed by atoms with Crippen LogP contribution in [-0.2, 0) is 10.9 Å². The number of hydrogen-bond donors (Lipinski definition) is 2. The van der Waals surface area contributed by atoms with Gasteiger partial charge in [0, 0.05) is 6.42 Å². The number of rotatable bonds is 4. The van der Waals surface area contributed by atoms with Crippen LogP contribution in [0.2, 0.25) is 0 Å². The molecule has 26 heavy (non-hydrogen) atoms. The third-order valence-corrected chi connectivity index (χ3v) is 4.52. The second-order valence-corrected chi connectivity index (χ2v) is 6.69. The third-order valence-electron chi connectivity index (χ3n) is 4.52. The van der Waals surface area contributed by atoms with E-state index in [0.29, 0.717) is 32.8 Å². The van der Waals surface area contributed by atoms with Gasteiger partial charge in [0.15, 0.2) is 0 Å². The van der Waals surface area contributed by atoms with Crippen molar-refractivity contribution < 1.29 is 27.8 Å². The van der Waals surface area contributed by atoms with Crippen LogP contribution in [0.1, 0.15) is 12.1 Å². The number of aromatic nitrogens is 1. The molecule has 2 N–H and O–H groups in total. The molecule has 2 saturated heterocycles. The van der Waals surface area contributed by atoms with Gasteiger partial charge in [0.1, 0.15) is 23.1 Å². The van der Waals surface area contributed by atoms with Crippen LogP contribution in [0.15, 0.2) is 41.9 Å². The quantitative estimate of drug-likeness (QED) is 0.841. The van der Waals surface area contributed by atoms with Crippen LogP contribution in [0.25, 0.3) is 0 Å². The Balaban J connectivity index is 1.44. The summed E-state index contributed by atoms with van der Waals surface area (Å²) < 4.78 is 48.6. The summed E-state index contributed by atoms with van der Waals surface area (Å²) in [6.45, 7) is 1.65. The van der Waals surface area contributed by atoms with Crippen molar-refractivity contribution in [2.24, 2.45) is 0 Å². The van der Waals surface area contributed by atoms with Gasteiger partial charge in [-0.15, -0.1) is 0 Å². The molecule has 2 aliphatic heterocycles. The van der Waals surface area contributed by atoms with Gasteiger partial charge in [0.25, 0.3) is 0 Å². The van der Waals surface area contributed by atoms with Gasteiger partial charge in [-0.05, 0) is 18.2 Å². The van der Waals surface area contributed by atoms with Crippen LogP contribution in [-0.4, -0.2) is 53.1 Å². The molecule has 140 valence electrons. The maximum Gasteiger partial charge on any atom is 0.433 e. The van der Waals surface area contributed by atoms with E-state index in [9.17, 15) is 18.3 Å². The van der Waals surface area contributed by atoms with Crippen molar-refractivity contribution in [2.45, 2.75) is 24.3 Å². The van der Waals surface area contributed by atoms with E-state index in [1.54, 1.807) is 0 Å². The van der Waals surface area contributed by atoms with E-state index in [4.69, 9.17) is 9.47 Å². The first-order valence-corrected chi connectivity index (χ1v) is 8.24. The first-order chi connectivity index (χ1) is 12.3. The minimum Gasteiger partial charge on any atom is -0.484 e. The molecule has 4 rings (SSSR count). The molecular weight excluding hydrogens is 351 g/mol. The summed E-state index contributed by atoms with van der Waals surface area (Å²) in [4.78, 5) is 5.42. The molecular formula is C17H18F3N3O3. The largest absolute Gasteiger partial charge is 0.484 e. The molecule has 1 unspecified atom stereocenters. The molecule has 1 aromatic rings. The maximum absolute atomic E-state index is 12.6. The molecule has 0 saturated carbocycles.